The molecule has 1 fully saturated rings. The van der Waals surface area contributed by atoms with Crippen LogP contribution in [-0.4, -0.2) is 62.1 Å². The Morgan fingerprint density at radius 1 is 0.941 bits per heavy atom. The van der Waals surface area contributed by atoms with Crippen molar-refractivity contribution >= 4 is 40.6 Å². The zero-order valence-corrected chi connectivity index (χ0v) is 31.2. The fraction of sp³-hybridized carbons (Fsp3) is 0.462. The average molecular weight is 732 g/mol. The lowest BCUT2D eigenvalue weighted by atomic mass is 9.86. The minimum absolute atomic E-state index is 0.0903. The van der Waals surface area contributed by atoms with Crippen molar-refractivity contribution in [2.45, 2.75) is 109 Å². The maximum Gasteiger partial charge on any atom is 0.407 e. The fourth-order valence-electron chi connectivity index (χ4n) is 6.13. The van der Waals surface area contributed by atoms with Gasteiger partial charge in [0.25, 0.3) is 0 Å². The third-order valence-electron chi connectivity index (χ3n) is 9.01. The SMILES string of the molecule is CC(C)c1nc(CN(C(=O)NC(C(=O)CC(CCC(Cc2ccccc2)NC(=O)OCc2cncs2)Cc2ccccc2)C(C)O)C2CC2)cs1. The molecule has 3 N–H and O–H groups in total. The van der Waals surface area contributed by atoms with Gasteiger partial charge in [0.1, 0.15) is 12.6 Å². The molecule has 4 unspecified atom stereocenters. The second-order valence-corrected chi connectivity index (χ2v) is 15.6. The Hall–Kier alpha value is -4.13. The summed E-state index contributed by atoms with van der Waals surface area (Å²) in [7, 11) is 0. The van der Waals surface area contributed by atoms with Gasteiger partial charge in [-0.25, -0.2) is 14.6 Å². The number of aromatic nitrogens is 2. The first-order chi connectivity index (χ1) is 24.6. The Bertz CT molecular complexity index is 1660. The lowest BCUT2D eigenvalue weighted by Gasteiger charge is -2.28. The molecule has 1 aliphatic rings. The number of amides is 3. The summed E-state index contributed by atoms with van der Waals surface area (Å²) in [5.41, 5.74) is 4.70. The summed E-state index contributed by atoms with van der Waals surface area (Å²) in [6, 6.07) is 18.4. The van der Waals surface area contributed by atoms with Crippen LogP contribution < -0.4 is 10.6 Å². The third kappa shape index (κ3) is 12.3. The molecular weight excluding hydrogens is 683 g/mol. The van der Waals surface area contributed by atoms with Crippen LogP contribution in [0.4, 0.5) is 9.59 Å². The van der Waals surface area contributed by atoms with Crippen LogP contribution in [-0.2, 0) is 35.5 Å². The van der Waals surface area contributed by atoms with Crippen molar-refractivity contribution < 1.29 is 24.2 Å². The van der Waals surface area contributed by atoms with E-state index in [1.54, 1.807) is 34.9 Å². The number of carbonyl (C=O) groups is 3. The number of urea groups is 1. The van der Waals surface area contributed by atoms with E-state index in [4.69, 9.17) is 9.72 Å². The summed E-state index contributed by atoms with van der Waals surface area (Å²) in [6.45, 7) is 6.24. The number of hydrogen-bond acceptors (Lipinski definition) is 9. The van der Waals surface area contributed by atoms with Gasteiger partial charge in [0.2, 0.25) is 0 Å². The Morgan fingerprint density at radius 3 is 2.22 bits per heavy atom. The third-order valence-corrected chi connectivity index (χ3v) is 11.0. The van der Waals surface area contributed by atoms with Gasteiger partial charge in [-0.2, -0.15) is 0 Å². The quantitative estimate of drug-likeness (QED) is 0.0923. The Kier molecular flexibility index (Phi) is 14.1. The highest BCUT2D eigenvalue weighted by Gasteiger charge is 2.36. The van der Waals surface area contributed by atoms with Crippen LogP contribution in [0.25, 0.3) is 0 Å². The standard InChI is InChI=1S/C39H49N5O5S2/c1-26(2)37-41-32(24-50-37)22-44(33-16-17-33)38(47)43-36(27(3)45)35(46)20-30(18-28-10-6-4-7-11-28)14-15-31(19-29-12-8-5-9-13-29)42-39(48)49-23-34-21-40-25-51-34/h4-13,21,24-27,30-31,33,36,45H,14-20,22-23H2,1-3H3,(H,42,48)(H,43,47). The molecule has 10 nitrogen and oxygen atoms in total. The minimum Gasteiger partial charge on any atom is -0.444 e. The summed E-state index contributed by atoms with van der Waals surface area (Å²) in [4.78, 5) is 51.9. The molecule has 4 aromatic rings. The van der Waals surface area contributed by atoms with Crippen LogP contribution in [0.15, 0.2) is 77.8 Å². The first kappa shape index (κ1) is 38.1. The summed E-state index contributed by atoms with van der Waals surface area (Å²) in [5, 5.41) is 19.8. The molecule has 5 rings (SSSR count). The lowest BCUT2D eigenvalue weighted by Crippen LogP contribution is -2.53. The molecule has 3 amide bonds. The number of nitrogens with zero attached hydrogens (tertiary/aromatic N) is 3. The topological polar surface area (TPSA) is 134 Å². The number of hydrogen-bond donors (Lipinski definition) is 3. The van der Waals surface area contributed by atoms with Crippen molar-refractivity contribution in [3.8, 4) is 0 Å². The molecule has 1 saturated carbocycles. The number of rotatable bonds is 19. The molecule has 0 aliphatic heterocycles. The van der Waals surface area contributed by atoms with Gasteiger partial charge in [-0.3, -0.25) is 9.78 Å². The summed E-state index contributed by atoms with van der Waals surface area (Å²) in [6.07, 6.45) is 4.53. The normalized spacial score (nSPS) is 15.1. The predicted octanol–water partition coefficient (Wildman–Crippen LogP) is 7.28. The number of benzene rings is 2. The van der Waals surface area contributed by atoms with E-state index in [9.17, 15) is 19.5 Å². The Balaban J connectivity index is 1.26. The van der Waals surface area contributed by atoms with Crippen LogP contribution >= 0.6 is 22.7 Å². The number of Topliss-reactive ketones (excluding diaryl/α,β-unsaturated/α-hetero) is 1. The number of aliphatic hydroxyl groups is 1. The number of ether oxygens (including phenoxy) is 1. The monoisotopic (exact) mass is 731 g/mol. The van der Waals surface area contributed by atoms with E-state index in [1.165, 1.54) is 11.3 Å². The van der Waals surface area contributed by atoms with E-state index in [1.807, 2.05) is 66.0 Å². The van der Waals surface area contributed by atoms with Crippen LogP contribution in [0, 0.1) is 5.92 Å². The molecule has 1 aliphatic carbocycles. The van der Waals surface area contributed by atoms with E-state index in [0.29, 0.717) is 38.1 Å². The van der Waals surface area contributed by atoms with Gasteiger partial charge in [0, 0.05) is 36.0 Å². The minimum atomic E-state index is -1.08. The van der Waals surface area contributed by atoms with Gasteiger partial charge in [0.15, 0.2) is 5.78 Å². The van der Waals surface area contributed by atoms with Crippen molar-refractivity contribution in [2.24, 2.45) is 5.92 Å². The number of aliphatic hydroxyl groups excluding tert-OH is 1. The molecule has 4 atom stereocenters. The number of ketones is 1. The molecule has 2 aromatic carbocycles. The summed E-state index contributed by atoms with van der Waals surface area (Å²) >= 11 is 3.02. The molecule has 0 radical (unpaired) electrons. The van der Waals surface area contributed by atoms with Gasteiger partial charge < -0.3 is 25.4 Å². The zero-order chi connectivity index (χ0) is 36.2. The summed E-state index contributed by atoms with van der Waals surface area (Å²) < 4.78 is 5.50. The van der Waals surface area contributed by atoms with Crippen molar-refractivity contribution in [2.75, 3.05) is 0 Å². The predicted molar refractivity (Wildman–Crippen MR) is 201 cm³/mol. The molecule has 0 bridgehead atoms. The maximum atomic E-state index is 14.0. The molecule has 0 saturated heterocycles. The van der Waals surface area contributed by atoms with Gasteiger partial charge in [-0.05, 0) is 62.5 Å². The molecule has 272 valence electrons. The van der Waals surface area contributed by atoms with Crippen molar-refractivity contribution in [3.05, 3.63) is 104 Å². The van der Waals surface area contributed by atoms with E-state index in [2.05, 4.69) is 29.5 Å². The largest absolute Gasteiger partial charge is 0.444 e. The Labute approximate surface area is 308 Å². The number of thiazole rings is 2. The molecule has 51 heavy (non-hydrogen) atoms. The zero-order valence-electron chi connectivity index (χ0n) is 29.6. The second kappa shape index (κ2) is 18.9. The highest BCUT2D eigenvalue weighted by Crippen LogP contribution is 2.30. The summed E-state index contributed by atoms with van der Waals surface area (Å²) in [5.74, 6) is -0.0157. The average Bonchev–Trinajstić information content (AvgIpc) is 3.59. The van der Waals surface area contributed by atoms with Crippen molar-refractivity contribution in [1.29, 1.82) is 0 Å². The highest BCUT2D eigenvalue weighted by molar-refractivity contribution is 7.09. The van der Waals surface area contributed by atoms with E-state index in [-0.39, 0.29) is 42.8 Å². The smallest absolute Gasteiger partial charge is 0.407 e. The maximum absolute atomic E-state index is 14.0. The molecular formula is C39H49N5O5S2. The number of nitrogens with one attached hydrogen (secondary N) is 2. The fourth-order valence-corrected chi connectivity index (χ4v) is 7.46. The molecule has 12 heteroatoms. The Morgan fingerprint density at radius 2 is 1.63 bits per heavy atom. The lowest BCUT2D eigenvalue weighted by molar-refractivity contribution is -0.124. The highest BCUT2D eigenvalue weighted by atomic mass is 32.1. The first-order valence-corrected chi connectivity index (χ1v) is 19.5. The molecule has 2 heterocycles. The van der Waals surface area contributed by atoms with Crippen molar-refractivity contribution in [1.82, 2.24) is 25.5 Å². The number of carbonyl (C=O) groups excluding carboxylic acids is 3. The van der Waals surface area contributed by atoms with E-state index >= 15 is 0 Å². The van der Waals surface area contributed by atoms with Crippen LogP contribution in [0.1, 0.15) is 85.5 Å². The van der Waals surface area contributed by atoms with Gasteiger partial charge in [-0.15, -0.1) is 22.7 Å². The van der Waals surface area contributed by atoms with Crippen LogP contribution in [0.3, 0.4) is 0 Å². The van der Waals surface area contributed by atoms with Crippen molar-refractivity contribution in [3.63, 3.8) is 0 Å². The van der Waals surface area contributed by atoms with Gasteiger partial charge in [0.05, 0.1) is 33.7 Å². The first-order valence-electron chi connectivity index (χ1n) is 17.7. The van der Waals surface area contributed by atoms with Crippen LogP contribution in [0.2, 0.25) is 0 Å². The van der Waals surface area contributed by atoms with Gasteiger partial charge >= 0.3 is 12.1 Å². The second-order valence-electron chi connectivity index (χ2n) is 13.7. The molecule has 0 spiro atoms. The van der Waals surface area contributed by atoms with E-state index in [0.717, 1.165) is 39.5 Å². The molecule has 2 aromatic heterocycles. The number of alkyl carbamates (subject to hydrolysis) is 1. The van der Waals surface area contributed by atoms with E-state index < -0.39 is 18.2 Å². The van der Waals surface area contributed by atoms with Gasteiger partial charge in [-0.1, -0.05) is 74.5 Å². The van der Waals surface area contributed by atoms with Crippen LogP contribution in [0.5, 0.6) is 0 Å².